The number of aromatic nitrogens is 2. The van der Waals surface area contributed by atoms with Gasteiger partial charge in [0.15, 0.2) is 11.4 Å². The van der Waals surface area contributed by atoms with Crippen molar-refractivity contribution in [1.29, 1.82) is 0 Å². The van der Waals surface area contributed by atoms with Crippen LogP contribution in [0.4, 0.5) is 11.4 Å². The third kappa shape index (κ3) is 7.63. The molecule has 2 aromatic carbocycles. The zero-order valence-electron chi connectivity index (χ0n) is 20.4. The number of hydrogen-bond donors (Lipinski definition) is 2. The van der Waals surface area contributed by atoms with Gasteiger partial charge < -0.3 is 10.2 Å². The monoisotopic (exact) mass is 522 g/mol. The molecular weight excluding hydrogens is 496 g/mol. The van der Waals surface area contributed by atoms with Gasteiger partial charge in [-0.25, -0.2) is 19.6 Å². The van der Waals surface area contributed by atoms with E-state index in [9.17, 15) is 40.0 Å². The SMILES string of the molecule is O=C(O)c1nc(CCCCc2ccc([N+](=O)[O-])cc2)c(C(=O)O)nc1CCCCc1ccc([N+](=O)[O-])cc1. The number of aryl methyl sites for hydroxylation is 4. The fraction of sp³-hybridized carbons (Fsp3) is 0.308. The van der Waals surface area contributed by atoms with Crippen LogP contribution in [-0.4, -0.2) is 42.0 Å². The molecule has 0 atom stereocenters. The van der Waals surface area contributed by atoms with Gasteiger partial charge in [0.05, 0.1) is 21.2 Å². The normalized spacial score (nSPS) is 10.7. The van der Waals surface area contributed by atoms with Gasteiger partial charge in [0.1, 0.15) is 0 Å². The Bertz CT molecular complexity index is 1220. The van der Waals surface area contributed by atoms with E-state index in [-0.39, 0.29) is 47.0 Å². The molecule has 0 saturated heterocycles. The van der Waals surface area contributed by atoms with Gasteiger partial charge in [-0.05, 0) is 62.5 Å². The van der Waals surface area contributed by atoms with E-state index in [1.165, 1.54) is 24.3 Å². The van der Waals surface area contributed by atoms with Crippen LogP contribution in [0.5, 0.6) is 0 Å². The molecule has 12 heteroatoms. The van der Waals surface area contributed by atoms with E-state index in [1.54, 1.807) is 24.3 Å². The highest BCUT2D eigenvalue weighted by Crippen LogP contribution is 2.19. The van der Waals surface area contributed by atoms with E-state index in [0.29, 0.717) is 38.5 Å². The molecule has 0 spiro atoms. The summed E-state index contributed by atoms with van der Waals surface area (Å²) in [5.74, 6) is -2.57. The smallest absolute Gasteiger partial charge is 0.356 e. The highest BCUT2D eigenvalue weighted by atomic mass is 16.6. The number of rotatable bonds is 14. The lowest BCUT2D eigenvalue weighted by Gasteiger charge is -2.11. The van der Waals surface area contributed by atoms with Crippen molar-refractivity contribution in [2.75, 3.05) is 0 Å². The molecule has 0 saturated carbocycles. The molecule has 3 aromatic rings. The first-order valence-corrected chi connectivity index (χ1v) is 12.0. The van der Waals surface area contributed by atoms with Crippen molar-refractivity contribution in [3.8, 4) is 0 Å². The highest BCUT2D eigenvalue weighted by Gasteiger charge is 2.22. The van der Waals surface area contributed by atoms with Gasteiger partial charge in [-0.15, -0.1) is 0 Å². The maximum absolute atomic E-state index is 11.8. The van der Waals surface area contributed by atoms with Crippen LogP contribution in [0.3, 0.4) is 0 Å². The Morgan fingerprint density at radius 2 is 0.921 bits per heavy atom. The average Bonchev–Trinajstić information content (AvgIpc) is 2.89. The zero-order chi connectivity index (χ0) is 27.7. The summed E-state index contributed by atoms with van der Waals surface area (Å²) in [4.78, 5) is 52.5. The Kier molecular flexibility index (Phi) is 9.52. The standard InChI is InChI=1S/C26H26N4O8/c31-25(32)23-21(7-3-1-5-17-9-13-19(14-10-17)29(35)36)27-24(26(33)34)22(28-23)8-4-2-6-18-11-15-20(16-12-18)30(37)38/h9-16H,1-8H2,(H,31,32)(H,33,34). The van der Waals surface area contributed by atoms with Gasteiger partial charge >= 0.3 is 11.9 Å². The number of benzene rings is 2. The third-order valence-corrected chi connectivity index (χ3v) is 6.00. The van der Waals surface area contributed by atoms with Gasteiger partial charge in [0, 0.05) is 24.3 Å². The van der Waals surface area contributed by atoms with Crippen molar-refractivity contribution < 1.29 is 29.6 Å². The summed E-state index contributed by atoms with van der Waals surface area (Å²) in [6, 6.07) is 12.4. The fourth-order valence-corrected chi connectivity index (χ4v) is 4.01. The second-order valence-electron chi connectivity index (χ2n) is 8.69. The number of carboxylic acid groups (broad SMARTS) is 2. The van der Waals surface area contributed by atoms with Gasteiger partial charge in [-0.3, -0.25) is 20.2 Å². The molecule has 0 unspecified atom stereocenters. The second kappa shape index (κ2) is 13.0. The van der Waals surface area contributed by atoms with Crippen LogP contribution >= 0.6 is 0 Å². The Hall–Kier alpha value is -4.74. The first kappa shape index (κ1) is 27.8. The van der Waals surface area contributed by atoms with Crippen molar-refractivity contribution in [2.24, 2.45) is 0 Å². The Morgan fingerprint density at radius 3 is 1.21 bits per heavy atom. The topological polar surface area (TPSA) is 187 Å². The quantitative estimate of drug-likeness (QED) is 0.169. The highest BCUT2D eigenvalue weighted by molar-refractivity contribution is 5.90. The van der Waals surface area contributed by atoms with E-state index in [0.717, 1.165) is 11.1 Å². The fourth-order valence-electron chi connectivity index (χ4n) is 4.01. The van der Waals surface area contributed by atoms with Crippen LogP contribution in [-0.2, 0) is 25.7 Å². The van der Waals surface area contributed by atoms with Gasteiger partial charge in [-0.2, -0.15) is 0 Å². The molecule has 0 radical (unpaired) electrons. The molecular formula is C26H26N4O8. The molecule has 12 nitrogen and oxygen atoms in total. The Balaban J connectivity index is 1.61. The summed E-state index contributed by atoms with van der Waals surface area (Å²) >= 11 is 0. The van der Waals surface area contributed by atoms with Crippen molar-refractivity contribution in [3.63, 3.8) is 0 Å². The van der Waals surface area contributed by atoms with E-state index >= 15 is 0 Å². The first-order chi connectivity index (χ1) is 18.2. The molecule has 3 rings (SSSR count). The molecule has 0 aliphatic carbocycles. The number of hydrogen-bond acceptors (Lipinski definition) is 8. The molecule has 0 aliphatic rings. The van der Waals surface area contributed by atoms with Gasteiger partial charge in [0.2, 0.25) is 0 Å². The van der Waals surface area contributed by atoms with Crippen LogP contribution in [0.25, 0.3) is 0 Å². The number of aromatic carboxylic acids is 2. The summed E-state index contributed by atoms with van der Waals surface area (Å²) in [6.07, 6.45) is 4.03. The average molecular weight is 523 g/mol. The van der Waals surface area contributed by atoms with Crippen LogP contribution in [0.1, 0.15) is 69.2 Å². The van der Waals surface area contributed by atoms with Crippen molar-refractivity contribution in [2.45, 2.75) is 51.4 Å². The molecule has 0 bridgehead atoms. The van der Waals surface area contributed by atoms with Crippen LogP contribution in [0.2, 0.25) is 0 Å². The minimum Gasteiger partial charge on any atom is -0.476 e. The summed E-state index contributed by atoms with van der Waals surface area (Å²) < 4.78 is 0. The molecule has 1 heterocycles. The Labute approximate surface area is 217 Å². The molecule has 2 N–H and O–H groups in total. The minimum absolute atomic E-state index is 0.00256. The number of nitro groups is 2. The number of non-ortho nitro benzene ring substituents is 2. The van der Waals surface area contributed by atoms with Crippen molar-refractivity contribution >= 4 is 23.3 Å². The number of nitrogens with zero attached hydrogens (tertiary/aromatic N) is 4. The summed E-state index contributed by atoms with van der Waals surface area (Å²) in [6.45, 7) is 0. The zero-order valence-corrected chi connectivity index (χ0v) is 20.4. The molecule has 1 aromatic heterocycles. The van der Waals surface area contributed by atoms with E-state index in [1.807, 2.05) is 0 Å². The third-order valence-electron chi connectivity index (χ3n) is 6.00. The summed E-state index contributed by atoms with van der Waals surface area (Å²) in [5.41, 5.74) is 1.48. The maximum Gasteiger partial charge on any atom is 0.356 e. The van der Waals surface area contributed by atoms with Gasteiger partial charge in [0.25, 0.3) is 11.4 Å². The lowest BCUT2D eigenvalue weighted by Crippen LogP contribution is -2.17. The summed E-state index contributed by atoms with van der Waals surface area (Å²) in [7, 11) is 0. The van der Waals surface area contributed by atoms with Gasteiger partial charge in [-0.1, -0.05) is 24.3 Å². The summed E-state index contributed by atoms with van der Waals surface area (Å²) in [5, 5.41) is 40.8. The molecule has 198 valence electrons. The molecule has 0 amide bonds. The number of carbonyl (C=O) groups is 2. The number of nitro benzene ring substituents is 2. The second-order valence-corrected chi connectivity index (χ2v) is 8.69. The predicted molar refractivity (Wildman–Crippen MR) is 135 cm³/mol. The molecule has 38 heavy (non-hydrogen) atoms. The molecule has 0 fully saturated rings. The number of unbranched alkanes of at least 4 members (excludes halogenated alkanes) is 2. The number of carboxylic acids is 2. The lowest BCUT2D eigenvalue weighted by molar-refractivity contribution is -0.385. The van der Waals surface area contributed by atoms with Crippen LogP contribution in [0, 0.1) is 20.2 Å². The largest absolute Gasteiger partial charge is 0.476 e. The van der Waals surface area contributed by atoms with Crippen molar-refractivity contribution in [3.05, 3.63) is 103 Å². The van der Waals surface area contributed by atoms with Crippen LogP contribution < -0.4 is 0 Å². The van der Waals surface area contributed by atoms with Crippen LogP contribution in [0.15, 0.2) is 48.5 Å². The lowest BCUT2D eigenvalue weighted by atomic mass is 10.0. The van der Waals surface area contributed by atoms with E-state index in [4.69, 9.17) is 0 Å². The minimum atomic E-state index is -1.29. The maximum atomic E-state index is 11.8. The van der Waals surface area contributed by atoms with E-state index < -0.39 is 21.8 Å². The van der Waals surface area contributed by atoms with E-state index in [2.05, 4.69) is 9.97 Å². The molecule has 0 aliphatic heterocycles. The first-order valence-electron chi connectivity index (χ1n) is 12.0. The predicted octanol–water partition coefficient (Wildman–Crippen LogP) is 4.82. The Morgan fingerprint density at radius 1 is 0.605 bits per heavy atom. The van der Waals surface area contributed by atoms with Crippen molar-refractivity contribution in [1.82, 2.24) is 9.97 Å².